The zero-order valence-electron chi connectivity index (χ0n) is 9.05. The summed E-state index contributed by atoms with van der Waals surface area (Å²) in [5, 5.41) is 0. The fourth-order valence-corrected chi connectivity index (χ4v) is 1.79. The van der Waals surface area contributed by atoms with Crippen LogP contribution in [0.1, 0.15) is 19.4 Å². The van der Waals surface area contributed by atoms with Crippen LogP contribution in [0.5, 0.6) is 0 Å². The Balaban J connectivity index is 2.89. The van der Waals surface area contributed by atoms with Crippen molar-refractivity contribution in [2.24, 2.45) is 0 Å². The molecular weight excluding hydrogens is 283 g/mol. The molecule has 0 bridgehead atoms. The fraction of sp³-hybridized carbons (Fsp3) is 0.455. The van der Waals surface area contributed by atoms with E-state index in [9.17, 15) is 13.2 Å². The predicted molar refractivity (Wildman–Crippen MR) is 60.9 cm³/mol. The van der Waals surface area contributed by atoms with Crippen LogP contribution in [0.15, 0.2) is 28.7 Å². The first-order valence-electron chi connectivity index (χ1n) is 4.89. The first-order valence-corrected chi connectivity index (χ1v) is 5.68. The van der Waals surface area contributed by atoms with Crippen LogP contribution >= 0.6 is 15.9 Å². The molecule has 1 aromatic rings. The highest BCUT2D eigenvalue weighted by Crippen LogP contribution is 2.28. The predicted octanol–water partition coefficient (Wildman–Crippen LogP) is 4.18. The van der Waals surface area contributed by atoms with Gasteiger partial charge in [-0.3, -0.25) is 0 Å². The number of hydrogen-bond acceptors (Lipinski definition) is 1. The lowest BCUT2D eigenvalue weighted by atomic mass is 10.2. The van der Waals surface area contributed by atoms with Gasteiger partial charge in [-0.1, -0.05) is 34.1 Å². The van der Waals surface area contributed by atoms with Gasteiger partial charge in [0.1, 0.15) is 0 Å². The van der Waals surface area contributed by atoms with Crippen LogP contribution in [0.2, 0.25) is 0 Å². The van der Waals surface area contributed by atoms with Gasteiger partial charge >= 0.3 is 6.30 Å². The van der Waals surface area contributed by atoms with Crippen LogP contribution in [-0.2, 0) is 6.54 Å². The minimum atomic E-state index is -4.30. The number of halogens is 4. The highest BCUT2D eigenvalue weighted by Gasteiger charge is 2.38. The van der Waals surface area contributed by atoms with Crippen LogP contribution in [0, 0.1) is 0 Å². The molecule has 0 aliphatic rings. The van der Waals surface area contributed by atoms with E-state index >= 15 is 0 Å². The highest BCUT2D eigenvalue weighted by atomic mass is 79.9. The van der Waals surface area contributed by atoms with Crippen molar-refractivity contribution in [1.82, 2.24) is 4.90 Å². The van der Waals surface area contributed by atoms with Gasteiger partial charge in [0.25, 0.3) is 0 Å². The second kappa shape index (κ2) is 5.19. The second-order valence-electron chi connectivity index (χ2n) is 3.78. The molecule has 1 aromatic carbocycles. The molecule has 0 aromatic heterocycles. The van der Waals surface area contributed by atoms with Crippen molar-refractivity contribution in [2.75, 3.05) is 0 Å². The lowest BCUT2D eigenvalue weighted by Crippen LogP contribution is -2.42. The summed E-state index contributed by atoms with van der Waals surface area (Å²) in [6.45, 7) is 2.93. The Kier molecular flexibility index (Phi) is 4.38. The first kappa shape index (κ1) is 13.5. The molecule has 16 heavy (non-hydrogen) atoms. The van der Waals surface area contributed by atoms with Gasteiger partial charge in [-0.25, -0.2) is 4.90 Å². The Morgan fingerprint density at radius 1 is 1.25 bits per heavy atom. The molecule has 0 aliphatic heterocycles. The molecule has 0 aliphatic carbocycles. The molecule has 0 unspecified atom stereocenters. The zero-order chi connectivity index (χ0) is 12.3. The molecule has 0 N–H and O–H groups in total. The zero-order valence-corrected chi connectivity index (χ0v) is 10.6. The van der Waals surface area contributed by atoms with E-state index in [1.165, 1.54) is 13.8 Å². The Morgan fingerprint density at radius 3 is 2.25 bits per heavy atom. The van der Waals surface area contributed by atoms with Crippen LogP contribution in [0.4, 0.5) is 13.2 Å². The maximum atomic E-state index is 12.7. The number of alkyl halides is 3. The summed E-state index contributed by atoms with van der Waals surface area (Å²) >= 11 is 3.25. The van der Waals surface area contributed by atoms with Gasteiger partial charge < -0.3 is 0 Å². The second-order valence-corrected chi connectivity index (χ2v) is 4.64. The third kappa shape index (κ3) is 3.49. The smallest absolute Gasteiger partial charge is 0.208 e. The van der Waals surface area contributed by atoms with Crippen molar-refractivity contribution in [3.8, 4) is 0 Å². The first-order chi connectivity index (χ1) is 7.32. The Hall–Kier alpha value is -0.550. The molecule has 0 radical (unpaired) electrons. The topological polar surface area (TPSA) is 3.24 Å². The van der Waals surface area contributed by atoms with Crippen LogP contribution in [0.3, 0.4) is 0 Å². The lowest BCUT2D eigenvalue weighted by molar-refractivity contribution is -0.259. The van der Waals surface area contributed by atoms with E-state index < -0.39 is 12.3 Å². The van der Waals surface area contributed by atoms with Crippen molar-refractivity contribution < 1.29 is 13.2 Å². The van der Waals surface area contributed by atoms with Crippen molar-refractivity contribution in [3.05, 3.63) is 34.3 Å². The maximum absolute atomic E-state index is 12.7. The number of nitrogens with zero attached hydrogens (tertiary/aromatic N) is 1. The van der Waals surface area contributed by atoms with Crippen LogP contribution in [-0.4, -0.2) is 17.2 Å². The minimum Gasteiger partial charge on any atom is -0.208 e. The van der Waals surface area contributed by atoms with E-state index in [-0.39, 0.29) is 6.54 Å². The highest BCUT2D eigenvalue weighted by molar-refractivity contribution is 9.10. The van der Waals surface area contributed by atoms with Crippen molar-refractivity contribution in [3.63, 3.8) is 0 Å². The van der Waals surface area contributed by atoms with Gasteiger partial charge in [0, 0.05) is 17.1 Å². The number of benzene rings is 1. The van der Waals surface area contributed by atoms with Gasteiger partial charge in [0.2, 0.25) is 0 Å². The quantitative estimate of drug-likeness (QED) is 0.756. The number of rotatable bonds is 3. The maximum Gasteiger partial charge on any atom is 0.460 e. The monoisotopic (exact) mass is 295 g/mol. The van der Waals surface area contributed by atoms with Gasteiger partial charge in [-0.15, -0.1) is 0 Å². The Bertz CT molecular complexity index is 349. The standard InChI is InChI=1S/C11H13BrF3N/c1-8(2)16(11(13,14)15)7-9-5-3-4-6-10(9)12/h3-6,8H,7H2,1-2H3. The minimum absolute atomic E-state index is 0.136. The molecule has 1 nitrogen and oxygen atoms in total. The molecule has 5 heteroatoms. The van der Waals surface area contributed by atoms with Crippen LogP contribution in [0.25, 0.3) is 0 Å². The average Bonchev–Trinajstić information content (AvgIpc) is 2.14. The third-order valence-electron chi connectivity index (χ3n) is 2.25. The molecule has 90 valence electrons. The van der Waals surface area contributed by atoms with E-state index in [1.54, 1.807) is 24.3 Å². The van der Waals surface area contributed by atoms with Gasteiger partial charge in [-0.2, -0.15) is 13.2 Å². The molecule has 0 heterocycles. The number of hydrogen-bond donors (Lipinski definition) is 0. The SMILES string of the molecule is CC(C)N(Cc1ccccc1Br)C(F)(F)F. The van der Waals surface area contributed by atoms with Crippen LogP contribution < -0.4 is 0 Å². The Labute approximate surface area is 101 Å². The molecule has 0 saturated heterocycles. The van der Waals surface area contributed by atoms with Gasteiger partial charge in [0.05, 0.1) is 0 Å². The molecule has 0 spiro atoms. The van der Waals surface area contributed by atoms with Gasteiger partial charge in [0.15, 0.2) is 0 Å². The molecule has 0 atom stereocenters. The molecule has 0 amide bonds. The van der Waals surface area contributed by atoms with E-state index in [1.807, 2.05) is 0 Å². The summed E-state index contributed by atoms with van der Waals surface area (Å²) in [5.74, 6) is 0. The fourth-order valence-electron chi connectivity index (χ4n) is 1.38. The summed E-state index contributed by atoms with van der Waals surface area (Å²) in [5.41, 5.74) is 0.633. The van der Waals surface area contributed by atoms with E-state index in [2.05, 4.69) is 15.9 Å². The third-order valence-corrected chi connectivity index (χ3v) is 3.02. The molecular formula is C11H13BrF3N. The summed E-state index contributed by atoms with van der Waals surface area (Å²) in [6, 6.07) is 6.36. The van der Waals surface area contributed by atoms with Crippen molar-refractivity contribution in [2.45, 2.75) is 32.7 Å². The Morgan fingerprint density at radius 2 is 1.81 bits per heavy atom. The largest absolute Gasteiger partial charge is 0.460 e. The summed E-state index contributed by atoms with van der Waals surface area (Å²) < 4.78 is 38.8. The normalized spacial score (nSPS) is 12.5. The van der Waals surface area contributed by atoms with E-state index in [0.717, 1.165) is 0 Å². The summed E-state index contributed by atoms with van der Waals surface area (Å²) in [6.07, 6.45) is -4.30. The summed E-state index contributed by atoms with van der Waals surface area (Å²) in [4.78, 5) is 0.507. The van der Waals surface area contributed by atoms with Crippen molar-refractivity contribution >= 4 is 15.9 Å². The van der Waals surface area contributed by atoms with E-state index in [0.29, 0.717) is 14.9 Å². The van der Waals surface area contributed by atoms with Crippen molar-refractivity contribution in [1.29, 1.82) is 0 Å². The van der Waals surface area contributed by atoms with E-state index in [4.69, 9.17) is 0 Å². The molecule has 1 rings (SSSR count). The molecule has 0 saturated carbocycles. The summed E-state index contributed by atoms with van der Waals surface area (Å²) in [7, 11) is 0. The molecule has 0 fully saturated rings. The average molecular weight is 296 g/mol. The lowest BCUT2D eigenvalue weighted by Gasteiger charge is -2.28. The van der Waals surface area contributed by atoms with Gasteiger partial charge in [-0.05, 0) is 25.5 Å².